The Labute approximate surface area is 130 Å². The van der Waals surface area contributed by atoms with Crippen molar-refractivity contribution >= 4 is 5.91 Å². The third kappa shape index (κ3) is 4.20. The Bertz CT molecular complexity index is 634. The zero-order valence-electron chi connectivity index (χ0n) is 13.2. The summed E-state index contributed by atoms with van der Waals surface area (Å²) in [6.07, 6.45) is 0.867. The fourth-order valence-electron chi connectivity index (χ4n) is 2.05. The molecule has 2 rings (SSSR count). The van der Waals surface area contributed by atoms with Gasteiger partial charge in [0.1, 0.15) is 17.3 Å². The first kappa shape index (κ1) is 16.3. The van der Waals surface area contributed by atoms with Crippen molar-refractivity contribution in [2.75, 3.05) is 0 Å². The van der Waals surface area contributed by atoms with Gasteiger partial charge in [-0.05, 0) is 37.1 Å². The van der Waals surface area contributed by atoms with E-state index >= 15 is 0 Å². The van der Waals surface area contributed by atoms with Crippen molar-refractivity contribution in [2.45, 2.75) is 39.7 Å². The summed E-state index contributed by atoms with van der Waals surface area (Å²) in [6.45, 7) is 6.13. The molecule has 0 radical (unpaired) electrons. The maximum absolute atomic E-state index is 13.7. The Morgan fingerprint density at radius 2 is 1.91 bits per heavy atom. The maximum Gasteiger partial charge on any atom is 0.220 e. The fraction of sp³-hybridized carbons (Fsp3) is 0.389. The second kappa shape index (κ2) is 7.25. The summed E-state index contributed by atoms with van der Waals surface area (Å²) >= 11 is 0. The summed E-state index contributed by atoms with van der Waals surface area (Å²) in [5.41, 5.74) is 0.437. The van der Waals surface area contributed by atoms with Crippen LogP contribution in [0.2, 0.25) is 0 Å². The first-order valence-electron chi connectivity index (χ1n) is 7.60. The number of nitrogens with one attached hydrogen (secondary N) is 1. The van der Waals surface area contributed by atoms with Crippen LogP contribution < -0.4 is 5.32 Å². The maximum atomic E-state index is 13.7. The molecule has 4 heteroatoms. The molecule has 3 nitrogen and oxygen atoms in total. The summed E-state index contributed by atoms with van der Waals surface area (Å²) in [7, 11) is 0. The quantitative estimate of drug-likeness (QED) is 0.870. The van der Waals surface area contributed by atoms with Gasteiger partial charge in [-0.25, -0.2) is 4.39 Å². The largest absolute Gasteiger partial charge is 0.461 e. The number of furan rings is 1. The van der Waals surface area contributed by atoms with Gasteiger partial charge in [0.25, 0.3) is 0 Å². The Balaban J connectivity index is 1.93. The van der Waals surface area contributed by atoms with E-state index in [0.717, 1.165) is 0 Å². The topological polar surface area (TPSA) is 42.2 Å². The predicted octanol–water partition coefficient (Wildman–Crippen LogP) is 4.18. The molecule has 1 heterocycles. The lowest BCUT2D eigenvalue weighted by Gasteiger charge is -2.17. The Morgan fingerprint density at radius 3 is 2.59 bits per heavy atom. The van der Waals surface area contributed by atoms with Gasteiger partial charge in [0.05, 0.1) is 5.56 Å². The minimum Gasteiger partial charge on any atom is -0.461 e. The molecule has 1 aromatic heterocycles. The van der Waals surface area contributed by atoms with Crippen LogP contribution in [0, 0.1) is 11.7 Å². The number of hydrogen-bond acceptors (Lipinski definition) is 2. The number of benzene rings is 1. The van der Waals surface area contributed by atoms with E-state index in [-0.39, 0.29) is 17.8 Å². The third-order valence-electron chi connectivity index (χ3n) is 3.79. The van der Waals surface area contributed by atoms with Gasteiger partial charge in [-0.2, -0.15) is 0 Å². The first-order chi connectivity index (χ1) is 10.5. The highest BCUT2D eigenvalue weighted by Crippen LogP contribution is 2.25. The average Bonchev–Trinajstić information content (AvgIpc) is 2.94. The minimum absolute atomic E-state index is 0.00467. The highest BCUT2D eigenvalue weighted by atomic mass is 19.1. The third-order valence-corrected chi connectivity index (χ3v) is 3.79. The Morgan fingerprint density at radius 1 is 1.18 bits per heavy atom. The van der Waals surface area contributed by atoms with Gasteiger partial charge in [-0.1, -0.05) is 26.0 Å². The second-order valence-corrected chi connectivity index (χ2v) is 5.85. The summed E-state index contributed by atoms with van der Waals surface area (Å²) in [6, 6.07) is 10.2. The van der Waals surface area contributed by atoms with Crippen molar-refractivity contribution in [3.8, 4) is 11.3 Å². The molecule has 1 aromatic carbocycles. The molecule has 0 spiro atoms. The number of halogens is 1. The Kier molecular flexibility index (Phi) is 5.36. The molecule has 0 aliphatic carbocycles. The van der Waals surface area contributed by atoms with E-state index in [9.17, 15) is 9.18 Å². The number of amides is 1. The van der Waals surface area contributed by atoms with Crippen LogP contribution in [0.1, 0.15) is 33.0 Å². The van der Waals surface area contributed by atoms with Crippen LogP contribution in [0.5, 0.6) is 0 Å². The van der Waals surface area contributed by atoms with Crippen LogP contribution in [0.25, 0.3) is 11.3 Å². The van der Waals surface area contributed by atoms with Gasteiger partial charge >= 0.3 is 0 Å². The molecule has 0 aliphatic heterocycles. The van der Waals surface area contributed by atoms with E-state index in [1.165, 1.54) is 6.07 Å². The lowest BCUT2D eigenvalue weighted by atomic mass is 10.1. The van der Waals surface area contributed by atoms with E-state index in [1.807, 2.05) is 6.92 Å². The lowest BCUT2D eigenvalue weighted by Crippen LogP contribution is -2.36. The van der Waals surface area contributed by atoms with E-state index in [0.29, 0.717) is 35.8 Å². The van der Waals surface area contributed by atoms with E-state index in [4.69, 9.17) is 4.42 Å². The zero-order valence-corrected chi connectivity index (χ0v) is 13.2. The van der Waals surface area contributed by atoms with Gasteiger partial charge in [0.15, 0.2) is 0 Å². The molecule has 1 atom stereocenters. The molecule has 118 valence electrons. The highest BCUT2D eigenvalue weighted by molar-refractivity contribution is 5.76. The van der Waals surface area contributed by atoms with Crippen molar-refractivity contribution in [2.24, 2.45) is 5.92 Å². The molecule has 2 aromatic rings. The second-order valence-electron chi connectivity index (χ2n) is 5.85. The van der Waals surface area contributed by atoms with Gasteiger partial charge in [-0.3, -0.25) is 4.79 Å². The molecule has 0 saturated heterocycles. The molecule has 22 heavy (non-hydrogen) atoms. The molecule has 1 amide bonds. The molecular formula is C18H22FNO2. The summed E-state index contributed by atoms with van der Waals surface area (Å²) in [4.78, 5) is 11.8. The average molecular weight is 303 g/mol. The van der Waals surface area contributed by atoms with E-state index < -0.39 is 0 Å². The zero-order chi connectivity index (χ0) is 16.1. The molecular weight excluding hydrogens is 281 g/mol. The monoisotopic (exact) mass is 303 g/mol. The van der Waals surface area contributed by atoms with Crippen molar-refractivity contribution in [1.29, 1.82) is 0 Å². The van der Waals surface area contributed by atoms with Gasteiger partial charge in [0, 0.05) is 18.9 Å². The van der Waals surface area contributed by atoms with Crippen molar-refractivity contribution in [3.63, 3.8) is 0 Å². The summed E-state index contributed by atoms with van der Waals surface area (Å²) < 4.78 is 19.3. The summed E-state index contributed by atoms with van der Waals surface area (Å²) in [5.74, 6) is 1.27. The standard InChI is InChI=1S/C18H22FNO2/c1-12(2)13(3)20-18(21)11-9-14-8-10-17(22-14)15-6-4-5-7-16(15)19/h4-8,10,12-13H,9,11H2,1-3H3,(H,20,21). The molecule has 0 saturated carbocycles. The predicted molar refractivity (Wildman–Crippen MR) is 84.9 cm³/mol. The van der Waals surface area contributed by atoms with Crippen LogP contribution >= 0.6 is 0 Å². The highest BCUT2D eigenvalue weighted by Gasteiger charge is 2.13. The number of rotatable bonds is 6. The minimum atomic E-state index is -0.313. The van der Waals surface area contributed by atoms with Gasteiger partial charge < -0.3 is 9.73 Å². The number of aryl methyl sites for hydroxylation is 1. The van der Waals surface area contributed by atoms with E-state index in [2.05, 4.69) is 19.2 Å². The smallest absolute Gasteiger partial charge is 0.220 e. The molecule has 0 fully saturated rings. The first-order valence-corrected chi connectivity index (χ1v) is 7.60. The normalized spacial score (nSPS) is 12.4. The summed E-state index contributed by atoms with van der Waals surface area (Å²) in [5, 5.41) is 2.96. The number of hydrogen-bond donors (Lipinski definition) is 1. The van der Waals surface area contributed by atoms with Crippen LogP contribution in [0.4, 0.5) is 4.39 Å². The van der Waals surface area contributed by atoms with Gasteiger partial charge in [-0.15, -0.1) is 0 Å². The van der Waals surface area contributed by atoms with Crippen LogP contribution in [-0.4, -0.2) is 11.9 Å². The lowest BCUT2D eigenvalue weighted by molar-refractivity contribution is -0.122. The fourth-order valence-corrected chi connectivity index (χ4v) is 2.05. The van der Waals surface area contributed by atoms with E-state index in [1.54, 1.807) is 30.3 Å². The van der Waals surface area contributed by atoms with Crippen LogP contribution in [-0.2, 0) is 11.2 Å². The van der Waals surface area contributed by atoms with Crippen LogP contribution in [0.3, 0.4) is 0 Å². The van der Waals surface area contributed by atoms with Gasteiger partial charge in [0.2, 0.25) is 5.91 Å². The molecule has 1 N–H and O–H groups in total. The number of carbonyl (C=O) groups is 1. The molecule has 1 unspecified atom stereocenters. The molecule has 0 aliphatic rings. The van der Waals surface area contributed by atoms with Crippen molar-refractivity contribution < 1.29 is 13.6 Å². The van der Waals surface area contributed by atoms with Crippen LogP contribution in [0.15, 0.2) is 40.8 Å². The molecule has 0 bridgehead atoms. The Hall–Kier alpha value is -2.10. The SMILES string of the molecule is CC(C)C(C)NC(=O)CCc1ccc(-c2ccccc2F)o1. The number of carbonyl (C=O) groups excluding carboxylic acids is 1. The van der Waals surface area contributed by atoms with Crippen molar-refractivity contribution in [1.82, 2.24) is 5.32 Å². The van der Waals surface area contributed by atoms with Crippen molar-refractivity contribution in [3.05, 3.63) is 48.0 Å².